The van der Waals surface area contributed by atoms with E-state index < -0.39 is 53.6 Å². The van der Waals surface area contributed by atoms with Crippen molar-refractivity contribution in [2.45, 2.75) is 64.0 Å². The number of alkyl halides is 6. The molecule has 0 saturated heterocycles. The van der Waals surface area contributed by atoms with Crippen LogP contribution < -0.4 is 16.4 Å². The smallest absolute Gasteiger partial charge is 0.475 e. The number of unbranched alkanes of at least 4 members (excludes halogenated alkanes) is 1. The van der Waals surface area contributed by atoms with E-state index in [0.29, 0.717) is 37.4 Å². The van der Waals surface area contributed by atoms with Crippen molar-refractivity contribution in [3.63, 3.8) is 0 Å². The molecular formula is C33H41F6N5O9. The molecule has 1 aromatic carbocycles. The Morgan fingerprint density at radius 2 is 1.57 bits per heavy atom. The van der Waals surface area contributed by atoms with E-state index in [4.69, 9.17) is 35.3 Å². The lowest BCUT2D eigenvalue weighted by Crippen LogP contribution is -2.57. The fourth-order valence-corrected chi connectivity index (χ4v) is 5.38. The Kier molecular flexibility index (Phi) is 16.2. The lowest BCUT2D eigenvalue weighted by molar-refractivity contribution is -0.193. The van der Waals surface area contributed by atoms with Crippen LogP contribution in [0, 0.1) is 11.8 Å². The van der Waals surface area contributed by atoms with Crippen LogP contribution in [-0.2, 0) is 35.3 Å². The Morgan fingerprint density at radius 3 is 2.11 bits per heavy atom. The molecule has 7 N–H and O–H groups in total. The molecule has 3 atom stereocenters. The molecule has 294 valence electrons. The van der Waals surface area contributed by atoms with Gasteiger partial charge in [0.1, 0.15) is 12.2 Å². The maximum Gasteiger partial charge on any atom is 0.490 e. The Hall–Kier alpha value is -4.82. The number of fused-ring (bicyclic) bond motifs is 4. The summed E-state index contributed by atoms with van der Waals surface area (Å²) in [6.45, 7) is 5.71. The van der Waals surface area contributed by atoms with Crippen molar-refractivity contribution >= 4 is 46.3 Å². The number of halogens is 6. The Morgan fingerprint density at radius 1 is 0.981 bits per heavy atom. The summed E-state index contributed by atoms with van der Waals surface area (Å²) in [6.07, 6.45) is -5.67. The van der Waals surface area contributed by atoms with Crippen molar-refractivity contribution in [1.82, 2.24) is 20.5 Å². The molecule has 4 rings (SSSR count). The minimum atomic E-state index is -5.08. The van der Waals surface area contributed by atoms with Gasteiger partial charge in [-0.05, 0) is 57.5 Å². The van der Waals surface area contributed by atoms with Gasteiger partial charge in [-0.15, -0.1) is 0 Å². The molecule has 14 nitrogen and oxygen atoms in total. The highest BCUT2D eigenvalue weighted by molar-refractivity contribution is 5.97. The summed E-state index contributed by atoms with van der Waals surface area (Å²) in [7, 11) is 0. The van der Waals surface area contributed by atoms with E-state index in [1.807, 2.05) is 30.3 Å². The number of aliphatic carboxylic acids is 2. The fraction of sp³-hybridized carbons (Fsp3) is 0.515. The zero-order chi connectivity index (χ0) is 40.1. The standard InChI is InChI=1S/C29H39N5O5.2C2HF3O2/c1-3-29(38,28(37)32-14-8-13-31-12-7-6-11-30)23-16-25-26-21(15-20-9-4-5-10-24(20)33-26)17-34(25)27(36)22(23)18-39-19(2)35;2*3-2(4,5)1(6)7/h4-5,9-10,15-16,22-23,31,38H,3,6-8,11-14,17-18,30H2,1-2H3,(H,32,37);2*(H,6,7). The van der Waals surface area contributed by atoms with E-state index in [2.05, 4.69) is 10.6 Å². The molecule has 1 aromatic heterocycles. The van der Waals surface area contributed by atoms with Crippen LogP contribution >= 0.6 is 0 Å². The van der Waals surface area contributed by atoms with E-state index in [-0.39, 0.29) is 18.9 Å². The molecule has 0 radical (unpaired) electrons. The average molecular weight is 766 g/mol. The number of nitrogens with one attached hydrogen (secondary N) is 2. The molecule has 2 aromatic rings. The fourth-order valence-electron chi connectivity index (χ4n) is 5.38. The number of carbonyl (C=O) groups excluding carboxylic acids is 3. The normalized spacial score (nSPS) is 17.5. The van der Waals surface area contributed by atoms with Crippen LogP contribution in [0.15, 0.2) is 36.4 Å². The summed E-state index contributed by atoms with van der Waals surface area (Å²) in [4.78, 5) is 63.1. The SMILES string of the molecule is CCC(O)(C(=O)NCCCNCCCCN)C1C=C2c3nc4ccccc4cc3CN2C(=O)C1COC(C)=O.O=C(O)C(F)(F)F.O=C(O)C(F)(F)F. The quantitative estimate of drug-likeness (QED) is 0.0985. The van der Waals surface area contributed by atoms with Crippen molar-refractivity contribution in [2.24, 2.45) is 17.6 Å². The summed E-state index contributed by atoms with van der Waals surface area (Å²) >= 11 is 0. The highest BCUT2D eigenvalue weighted by atomic mass is 19.4. The molecule has 2 amide bonds. The molecule has 0 saturated carbocycles. The molecule has 2 aliphatic rings. The van der Waals surface area contributed by atoms with Gasteiger partial charge in [-0.2, -0.15) is 26.3 Å². The van der Waals surface area contributed by atoms with Gasteiger partial charge in [0.2, 0.25) is 5.91 Å². The predicted molar refractivity (Wildman–Crippen MR) is 175 cm³/mol. The third-order valence-electron chi connectivity index (χ3n) is 8.08. The number of rotatable bonds is 13. The van der Waals surface area contributed by atoms with Gasteiger partial charge >= 0.3 is 30.3 Å². The Labute approximate surface area is 299 Å². The van der Waals surface area contributed by atoms with E-state index in [1.54, 1.807) is 17.9 Å². The Bertz CT molecular complexity index is 1630. The van der Waals surface area contributed by atoms with Gasteiger partial charge in [0.25, 0.3) is 5.91 Å². The van der Waals surface area contributed by atoms with Crippen LogP contribution in [-0.4, -0.2) is 106 Å². The molecule has 3 heterocycles. The molecule has 0 spiro atoms. The number of ether oxygens (including phenoxy) is 1. The van der Waals surface area contributed by atoms with Crippen LogP contribution in [0.5, 0.6) is 0 Å². The number of benzene rings is 1. The summed E-state index contributed by atoms with van der Waals surface area (Å²) in [5.74, 6) is -8.72. The number of aromatic nitrogens is 1. The van der Waals surface area contributed by atoms with Crippen LogP contribution in [0.25, 0.3) is 16.6 Å². The first-order valence-corrected chi connectivity index (χ1v) is 16.3. The summed E-state index contributed by atoms with van der Waals surface area (Å²) in [5, 5.41) is 33.2. The van der Waals surface area contributed by atoms with Gasteiger partial charge in [-0.3, -0.25) is 14.4 Å². The zero-order valence-corrected chi connectivity index (χ0v) is 28.7. The number of carboxylic acid groups (broad SMARTS) is 2. The number of hydrogen-bond donors (Lipinski definition) is 6. The number of aliphatic hydroxyl groups is 1. The Balaban J connectivity index is 0.000000587. The topological polar surface area (TPSA) is 221 Å². The van der Waals surface area contributed by atoms with Gasteiger partial charge in [0, 0.05) is 30.3 Å². The summed E-state index contributed by atoms with van der Waals surface area (Å²) in [6, 6.07) is 9.74. The number of para-hydroxylation sites is 1. The molecule has 0 bridgehead atoms. The summed E-state index contributed by atoms with van der Waals surface area (Å²) < 4.78 is 68.7. The van der Waals surface area contributed by atoms with Gasteiger partial charge < -0.3 is 41.3 Å². The van der Waals surface area contributed by atoms with Crippen molar-refractivity contribution < 1.29 is 70.4 Å². The largest absolute Gasteiger partial charge is 0.490 e. The van der Waals surface area contributed by atoms with E-state index in [1.165, 1.54) is 6.92 Å². The first kappa shape index (κ1) is 44.3. The number of carboxylic acids is 2. The maximum atomic E-state index is 13.8. The van der Waals surface area contributed by atoms with E-state index in [9.17, 15) is 45.8 Å². The van der Waals surface area contributed by atoms with Crippen molar-refractivity contribution in [1.29, 1.82) is 0 Å². The average Bonchev–Trinajstić information content (AvgIpc) is 3.44. The van der Waals surface area contributed by atoms with Crippen LogP contribution in [0.4, 0.5) is 26.3 Å². The molecule has 0 aliphatic carbocycles. The molecule has 53 heavy (non-hydrogen) atoms. The van der Waals surface area contributed by atoms with Gasteiger partial charge in [-0.1, -0.05) is 31.2 Å². The number of carbonyl (C=O) groups is 5. The molecule has 0 fully saturated rings. The minimum Gasteiger partial charge on any atom is -0.475 e. The zero-order valence-electron chi connectivity index (χ0n) is 28.7. The second kappa shape index (κ2) is 19.3. The third kappa shape index (κ3) is 12.4. The predicted octanol–water partition coefficient (Wildman–Crippen LogP) is 2.97. The van der Waals surface area contributed by atoms with Gasteiger partial charge in [-0.25, -0.2) is 14.6 Å². The second-order valence-electron chi connectivity index (χ2n) is 11.8. The molecule has 2 aliphatic heterocycles. The lowest BCUT2D eigenvalue weighted by Gasteiger charge is -2.41. The lowest BCUT2D eigenvalue weighted by atomic mass is 9.73. The number of pyridine rings is 1. The second-order valence-corrected chi connectivity index (χ2v) is 11.8. The van der Waals surface area contributed by atoms with Gasteiger partial charge in [0.15, 0.2) is 0 Å². The number of nitrogens with zero attached hydrogens (tertiary/aromatic N) is 2. The van der Waals surface area contributed by atoms with Crippen LogP contribution in [0.3, 0.4) is 0 Å². The maximum absolute atomic E-state index is 13.8. The summed E-state index contributed by atoms with van der Waals surface area (Å²) in [5.41, 5.74) is 6.56. The van der Waals surface area contributed by atoms with Crippen molar-refractivity contribution in [3.05, 3.63) is 47.7 Å². The highest BCUT2D eigenvalue weighted by Crippen LogP contribution is 2.44. The first-order valence-electron chi connectivity index (χ1n) is 16.3. The highest BCUT2D eigenvalue weighted by Gasteiger charge is 2.52. The van der Waals surface area contributed by atoms with E-state index >= 15 is 0 Å². The molecule has 20 heteroatoms. The minimum absolute atomic E-state index is 0.0759. The number of nitrogens with two attached hydrogens (primary N) is 1. The van der Waals surface area contributed by atoms with Gasteiger partial charge in [0.05, 0.1) is 29.4 Å². The third-order valence-corrected chi connectivity index (χ3v) is 8.08. The van der Waals surface area contributed by atoms with Crippen LogP contribution in [0.1, 0.15) is 50.8 Å². The number of hydrogen-bond acceptors (Lipinski definition) is 10. The molecular weight excluding hydrogens is 724 g/mol. The number of esters is 1. The van der Waals surface area contributed by atoms with Crippen molar-refractivity contribution in [2.75, 3.05) is 32.8 Å². The monoisotopic (exact) mass is 765 g/mol. The van der Waals surface area contributed by atoms with Crippen LogP contribution in [0.2, 0.25) is 0 Å². The molecule has 3 unspecified atom stereocenters. The number of amides is 2. The first-order chi connectivity index (χ1) is 24.7. The van der Waals surface area contributed by atoms with E-state index in [0.717, 1.165) is 42.4 Å². The van der Waals surface area contributed by atoms with Crippen molar-refractivity contribution in [3.8, 4) is 0 Å².